The van der Waals surface area contributed by atoms with Gasteiger partial charge < -0.3 is 21.0 Å². The number of rotatable bonds is 13. The summed E-state index contributed by atoms with van der Waals surface area (Å²) in [6.45, 7) is 3.13. The zero-order valence-electron chi connectivity index (χ0n) is 23.2. The molecule has 1 fully saturated rings. The molecule has 0 aliphatic carbocycles. The van der Waals surface area contributed by atoms with Crippen LogP contribution in [0.5, 0.6) is 0 Å². The second-order valence-corrected chi connectivity index (χ2v) is 12.3. The van der Waals surface area contributed by atoms with Crippen molar-refractivity contribution >= 4 is 50.3 Å². The second-order valence-electron chi connectivity index (χ2n) is 10.1. The number of β-lactam (4-membered cyclic amide) rings is 1. The number of nitrogens with two attached hydrogens (primary N) is 1. The van der Waals surface area contributed by atoms with Crippen LogP contribution in [0.1, 0.15) is 30.8 Å². The molecule has 0 radical (unpaired) electrons. The Labute approximate surface area is 249 Å². The monoisotopic (exact) mass is 635 g/mol. The predicted octanol–water partition coefficient (Wildman–Crippen LogP) is -0.269. The van der Waals surface area contributed by atoms with Crippen molar-refractivity contribution in [2.24, 2.45) is 5.16 Å². The zero-order chi connectivity index (χ0) is 31.5. The highest BCUT2D eigenvalue weighted by atomic mass is 32.2. The standard InChI is InChI=1S/C24H29N9O8S2/c1-24(2,22(36)37)41-30-18(16-13-42-23(25)27-16)20(34)28-19-17(33(21(19)35)43(38,39)40)12-32-26-9-15(29-32)11-31(3)10-14-7-5-4-6-8-14/h4-9,13,17,19H,10-12H2,1-3H3,(H2,25,27)(H,28,34)(H,36,37)(H,38,39,40)/b30-18-/t17-,19+/m1/s1. The molecule has 2 amide bonds. The van der Waals surface area contributed by atoms with Crippen LogP contribution in [-0.2, 0) is 49.2 Å². The normalized spacial score (nSPS) is 17.6. The lowest BCUT2D eigenvalue weighted by molar-refractivity contribution is -0.161. The highest BCUT2D eigenvalue weighted by Gasteiger charge is 2.54. The number of nitrogens with zero attached hydrogens (tertiary/aromatic N) is 7. The Morgan fingerprint density at radius 3 is 2.56 bits per heavy atom. The van der Waals surface area contributed by atoms with Gasteiger partial charge in [-0.1, -0.05) is 35.5 Å². The topological polar surface area (TPSA) is 236 Å². The van der Waals surface area contributed by atoms with Gasteiger partial charge in [0, 0.05) is 18.5 Å². The molecule has 230 valence electrons. The number of carboxylic acids is 1. The van der Waals surface area contributed by atoms with E-state index in [1.165, 1.54) is 25.4 Å². The van der Waals surface area contributed by atoms with Crippen LogP contribution in [0.4, 0.5) is 5.13 Å². The first-order valence-corrected chi connectivity index (χ1v) is 14.9. The zero-order valence-corrected chi connectivity index (χ0v) is 24.8. The minimum absolute atomic E-state index is 0.0677. The average molecular weight is 636 g/mol. The summed E-state index contributed by atoms with van der Waals surface area (Å²) in [7, 11) is -3.11. The minimum atomic E-state index is -5.00. The Bertz CT molecular complexity index is 1640. The van der Waals surface area contributed by atoms with Gasteiger partial charge in [-0.2, -0.15) is 23.4 Å². The molecule has 43 heavy (non-hydrogen) atoms. The molecular formula is C24H29N9O8S2. The lowest BCUT2D eigenvalue weighted by Crippen LogP contribution is -2.73. The lowest BCUT2D eigenvalue weighted by Gasteiger charge is -2.43. The van der Waals surface area contributed by atoms with E-state index in [-0.39, 0.29) is 21.7 Å². The summed E-state index contributed by atoms with van der Waals surface area (Å²) in [5, 5.41) is 25.2. The van der Waals surface area contributed by atoms with Crippen LogP contribution >= 0.6 is 11.3 Å². The third-order valence-electron chi connectivity index (χ3n) is 6.23. The Balaban J connectivity index is 1.51. The van der Waals surface area contributed by atoms with Crippen LogP contribution in [0.25, 0.3) is 0 Å². The van der Waals surface area contributed by atoms with E-state index in [0.717, 1.165) is 21.7 Å². The van der Waals surface area contributed by atoms with Gasteiger partial charge in [-0.05, 0) is 26.5 Å². The number of carbonyl (C=O) groups is 3. The van der Waals surface area contributed by atoms with Crippen molar-refractivity contribution in [2.75, 3.05) is 12.8 Å². The maximum atomic E-state index is 13.2. The van der Waals surface area contributed by atoms with Crippen LogP contribution in [0.2, 0.25) is 0 Å². The summed E-state index contributed by atoms with van der Waals surface area (Å²) < 4.78 is 33.9. The summed E-state index contributed by atoms with van der Waals surface area (Å²) in [6, 6.07) is 6.98. The molecule has 0 spiro atoms. The number of benzene rings is 1. The molecule has 0 saturated carbocycles. The van der Waals surface area contributed by atoms with Crippen molar-refractivity contribution < 1.29 is 37.3 Å². The van der Waals surface area contributed by atoms with E-state index in [0.29, 0.717) is 18.8 Å². The number of thiazole rings is 1. The first kappa shape index (κ1) is 31.5. The second kappa shape index (κ2) is 12.4. The summed E-state index contributed by atoms with van der Waals surface area (Å²) in [5.41, 5.74) is 4.89. The van der Waals surface area contributed by atoms with Crippen molar-refractivity contribution in [3.8, 4) is 0 Å². The van der Waals surface area contributed by atoms with Gasteiger partial charge in [-0.25, -0.2) is 14.1 Å². The largest absolute Gasteiger partial charge is 0.478 e. The van der Waals surface area contributed by atoms with Crippen molar-refractivity contribution in [2.45, 2.75) is 51.2 Å². The average Bonchev–Trinajstić information content (AvgIpc) is 3.55. The van der Waals surface area contributed by atoms with Crippen molar-refractivity contribution in [1.82, 2.24) is 34.5 Å². The van der Waals surface area contributed by atoms with E-state index in [4.69, 9.17) is 10.6 Å². The molecule has 1 aliphatic rings. The smallest absolute Gasteiger partial charge is 0.362 e. The first-order chi connectivity index (χ1) is 20.2. The van der Waals surface area contributed by atoms with E-state index in [1.54, 1.807) is 0 Å². The summed E-state index contributed by atoms with van der Waals surface area (Å²) in [4.78, 5) is 49.6. The van der Waals surface area contributed by atoms with Gasteiger partial charge in [0.25, 0.3) is 11.8 Å². The van der Waals surface area contributed by atoms with Gasteiger partial charge in [0.1, 0.15) is 17.8 Å². The lowest BCUT2D eigenvalue weighted by atomic mass is 9.98. The highest BCUT2D eigenvalue weighted by molar-refractivity contribution is 7.84. The summed E-state index contributed by atoms with van der Waals surface area (Å²) in [5.74, 6) is -3.54. The predicted molar refractivity (Wildman–Crippen MR) is 152 cm³/mol. The molecule has 4 rings (SSSR count). The number of hydrogen-bond donors (Lipinski definition) is 4. The number of anilines is 1. The number of hydrogen-bond acceptors (Lipinski definition) is 13. The number of aromatic nitrogens is 4. The van der Waals surface area contributed by atoms with Crippen molar-refractivity contribution in [3.05, 3.63) is 58.9 Å². The van der Waals surface area contributed by atoms with Crippen molar-refractivity contribution in [1.29, 1.82) is 0 Å². The molecule has 19 heteroatoms. The number of nitrogens with one attached hydrogen (secondary N) is 1. The van der Waals surface area contributed by atoms with Gasteiger partial charge in [0.15, 0.2) is 10.8 Å². The van der Waals surface area contributed by atoms with Gasteiger partial charge in [-0.15, -0.1) is 11.3 Å². The van der Waals surface area contributed by atoms with Gasteiger partial charge >= 0.3 is 16.3 Å². The van der Waals surface area contributed by atoms with Crippen molar-refractivity contribution in [3.63, 3.8) is 0 Å². The van der Waals surface area contributed by atoms with E-state index in [9.17, 15) is 32.5 Å². The van der Waals surface area contributed by atoms with Gasteiger partial charge in [-0.3, -0.25) is 19.0 Å². The maximum absolute atomic E-state index is 13.2. The molecule has 3 aromatic rings. The molecule has 1 aliphatic heterocycles. The number of amides is 2. The number of oxime groups is 1. The number of nitrogen functional groups attached to an aromatic ring is 1. The van der Waals surface area contributed by atoms with Crippen LogP contribution in [-0.4, -0.2) is 95.5 Å². The highest BCUT2D eigenvalue weighted by Crippen LogP contribution is 2.25. The van der Waals surface area contributed by atoms with E-state index < -0.39 is 51.5 Å². The first-order valence-electron chi connectivity index (χ1n) is 12.6. The Morgan fingerprint density at radius 1 is 1.26 bits per heavy atom. The van der Waals surface area contributed by atoms with Crippen LogP contribution in [0, 0.1) is 0 Å². The summed E-state index contributed by atoms with van der Waals surface area (Å²) in [6.07, 6.45) is 1.48. The van der Waals surface area contributed by atoms with E-state index in [1.807, 2.05) is 42.3 Å². The SMILES string of the molecule is CN(Cc1ccccc1)Cc1cnn(C[C@@H]2[C@H](NC(=O)/C(=N\OC(C)(C)C(=O)O)c3csc(N)n3)C(=O)N2S(=O)(=O)O)n1. The molecule has 1 aromatic carbocycles. The fourth-order valence-corrected chi connectivity index (χ4v) is 5.46. The van der Waals surface area contributed by atoms with Gasteiger partial charge in [0.2, 0.25) is 5.60 Å². The molecule has 0 bridgehead atoms. The summed E-state index contributed by atoms with van der Waals surface area (Å²) >= 11 is 0.965. The Kier molecular flexibility index (Phi) is 9.09. The molecular weight excluding hydrogens is 606 g/mol. The Hall–Kier alpha value is -4.46. The van der Waals surface area contributed by atoms with Gasteiger partial charge in [0.05, 0.1) is 18.4 Å². The fourth-order valence-electron chi connectivity index (χ4n) is 4.04. The molecule has 17 nitrogen and oxygen atoms in total. The molecule has 2 aromatic heterocycles. The fraction of sp³-hybridized carbons (Fsp3) is 0.375. The number of carbonyl (C=O) groups excluding carboxylic acids is 2. The van der Waals surface area contributed by atoms with E-state index in [2.05, 4.69) is 25.7 Å². The molecule has 3 heterocycles. The maximum Gasteiger partial charge on any atom is 0.362 e. The molecule has 1 saturated heterocycles. The van der Waals surface area contributed by atoms with Crippen LogP contribution in [0.15, 0.2) is 47.1 Å². The Morgan fingerprint density at radius 2 is 1.95 bits per heavy atom. The third kappa shape index (κ3) is 7.49. The third-order valence-corrected chi connectivity index (χ3v) is 7.85. The minimum Gasteiger partial charge on any atom is -0.478 e. The number of aliphatic carboxylic acids is 1. The van der Waals surface area contributed by atoms with E-state index >= 15 is 0 Å². The van der Waals surface area contributed by atoms with Crippen LogP contribution in [0.3, 0.4) is 0 Å². The van der Waals surface area contributed by atoms with Crippen LogP contribution < -0.4 is 11.1 Å². The number of carboxylic acid groups (broad SMARTS) is 1. The molecule has 2 atom stereocenters. The molecule has 5 N–H and O–H groups in total. The quantitative estimate of drug-likeness (QED) is 0.0820. The molecule has 0 unspecified atom stereocenters.